The van der Waals surface area contributed by atoms with Gasteiger partial charge in [-0.1, -0.05) is 18.7 Å². The van der Waals surface area contributed by atoms with Crippen molar-refractivity contribution in [1.82, 2.24) is 14.8 Å². The molecule has 3 aromatic rings. The maximum absolute atomic E-state index is 12.3. The molecule has 1 aliphatic rings. The highest BCUT2D eigenvalue weighted by atomic mass is 32.2. The van der Waals surface area contributed by atoms with Gasteiger partial charge in [-0.3, -0.25) is 4.79 Å². The van der Waals surface area contributed by atoms with E-state index in [-0.39, 0.29) is 11.7 Å². The second-order valence-electron chi connectivity index (χ2n) is 7.06. The number of hydrogen-bond donors (Lipinski definition) is 1. The number of thiophene rings is 2. The van der Waals surface area contributed by atoms with Crippen LogP contribution in [0.3, 0.4) is 0 Å². The monoisotopic (exact) mass is 443 g/mol. The molecule has 4 rings (SSSR count). The average molecular weight is 444 g/mol. The normalized spacial score (nSPS) is 15.7. The maximum Gasteiger partial charge on any atom is 0.235 e. The van der Waals surface area contributed by atoms with Crippen LogP contribution in [0.25, 0.3) is 11.4 Å². The summed E-state index contributed by atoms with van der Waals surface area (Å²) in [4.78, 5) is 13.8. The molecular weight excluding hydrogens is 422 g/mol. The van der Waals surface area contributed by atoms with E-state index in [0.29, 0.717) is 10.6 Å². The minimum absolute atomic E-state index is 0.150. The molecule has 150 valence electrons. The van der Waals surface area contributed by atoms with Crippen molar-refractivity contribution < 1.29 is 4.79 Å². The largest absolute Gasteiger partial charge is 0.316 e. The Bertz CT molecular complexity index is 1070. The third-order valence-electron chi connectivity index (χ3n) is 5.05. The molecule has 1 atom stereocenters. The number of aromatic nitrogens is 3. The standard InChI is InChI=1S/C20H21N5OS3/c1-3-25-18(15-10-28-16-8-12(2)4-5-14(15)16)23-24-20(25)29-11-17(26)22-19-13(9-21)6-7-27-19/h6-7,10,12H,3-5,8,11H2,1-2H3,(H,22,26). The van der Waals surface area contributed by atoms with Crippen LogP contribution in [-0.4, -0.2) is 26.4 Å². The van der Waals surface area contributed by atoms with Crippen LogP contribution in [0.1, 0.15) is 36.3 Å². The molecule has 1 aliphatic carbocycles. The lowest BCUT2D eigenvalue weighted by Crippen LogP contribution is -2.14. The van der Waals surface area contributed by atoms with E-state index in [9.17, 15) is 4.79 Å². The van der Waals surface area contributed by atoms with Gasteiger partial charge in [0.05, 0.1) is 11.3 Å². The highest BCUT2D eigenvalue weighted by Gasteiger charge is 2.24. The molecule has 0 fully saturated rings. The van der Waals surface area contributed by atoms with Gasteiger partial charge >= 0.3 is 0 Å². The first-order chi connectivity index (χ1) is 14.1. The van der Waals surface area contributed by atoms with Gasteiger partial charge in [0.15, 0.2) is 11.0 Å². The van der Waals surface area contributed by atoms with Gasteiger partial charge in [-0.2, -0.15) is 5.26 Å². The number of nitrogens with zero attached hydrogens (tertiary/aromatic N) is 4. The van der Waals surface area contributed by atoms with Crippen LogP contribution in [0.4, 0.5) is 5.00 Å². The number of hydrogen-bond acceptors (Lipinski definition) is 7. The molecule has 3 heterocycles. The molecule has 0 saturated carbocycles. The smallest absolute Gasteiger partial charge is 0.235 e. The molecule has 1 amide bonds. The second kappa shape index (κ2) is 8.69. The van der Waals surface area contributed by atoms with Crippen molar-refractivity contribution in [2.45, 2.75) is 44.8 Å². The number of nitrogens with one attached hydrogen (secondary N) is 1. The molecule has 0 bridgehead atoms. The van der Waals surface area contributed by atoms with Crippen LogP contribution < -0.4 is 5.32 Å². The zero-order chi connectivity index (χ0) is 20.4. The summed E-state index contributed by atoms with van der Waals surface area (Å²) in [6.07, 6.45) is 3.46. The van der Waals surface area contributed by atoms with E-state index < -0.39 is 0 Å². The fourth-order valence-corrected chi connectivity index (χ4v) is 6.33. The summed E-state index contributed by atoms with van der Waals surface area (Å²) in [5.41, 5.74) is 3.11. The van der Waals surface area contributed by atoms with Crippen LogP contribution in [0.15, 0.2) is 22.0 Å². The lowest BCUT2D eigenvalue weighted by atomic mass is 9.88. The predicted octanol–water partition coefficient (Wildman–Crippen LogP) is 4.82. The number of rotatable bonds is 6. The Morgan fingerprint density at radius 2 is 2.31 bits per heavy atom. The van der Waals surface area contributed by atoms with Gasteiger partial charge in [0.25, 0.3) is 0 Å². The number of carbonyl (C=O) groups is 1. The van der Waals surface area contributed by atoms with Crippen LogP contribution in [0.5, 0.6) is 0 Å². The van der Waals surface area contributed by atoms with E-state index in [2.05, 4.69) is 45.4 Å². The summed E-state index contributed by atoms with van der Waals surface area (Å²) in [5, 5.41) is 26.0. The Morgan fingerprint density at radius 1 is 1.45 bits per heavy atom. The molecular formula is C20H21N5OS3. The summed E-state index contributed by atoms with van der Waals surface area (Å²) in [5.74, 6) is 1.71. The van der Waals surface area contributed by atoms with Gasteiger partial charge in [-0.05, 0) is 49.1 Å². The molecule has 3 aromatic heterocycles. The number of anilines is 1. The lowest BCUT2D eigenvalue weighted by Gasteiger charge is -2.19. The Hall–Kier alpha value is -2.15. The van der Waals surface area contributed by atoms with Crippen molar-refractivity contribution in [3.8, 4) is 17.5 Å². The van der Waals surface area contributed by atoms with Gasteiger partial charge in [0, 0.05) is 22.4 Å². The Balaban J connectivity index is 1.48. The SMILES string of the molecule is CCn1c(SCC(=O)Nc2sccc2C#N)nnc1-c1csc2c1CCC(C)C2. The Labute approximate surface area is 182 Å². The number of amides is 1. The minimum atomic E-state index is -0.150. The molecule has 0 spiro atoms. The van der Waals surface area contributed by atoms with Gasteiger partial charge in [-0.25, -0.2) is 0 Å². The predicted molar refractivity (Wildman–Crippen MR) is 119 cm³/mol. The fraction of sp³-hybridized carbons (Fsp3) is 0.400. The molecule has 6 nitrogen and oxygen atoms in total. The minimum Gasteiger partial charge on any atom is -0.316 e. The van der Waals surface area contributed by atoms with E-state index in [1.54, 1.807) is 11.4 Å². The molecule has 9 heteroatoms. The molecule has 0 saturated heterocycles. The first kappa shape index (κ1) is 20.1. The number of carbonyl (C=O) groups excluding carboxylic acids is 1. The zero-order valence-corrected chi connectivity index (χ0v) is 18.7. The van der Waals surface area contributed by atoms with E-state index in [0.717, 1.165) is 36.3 Å². The van der Waals surface area contributed by atoms with Crippen molar-refractivity contribution in [3.63, 3.8) is 0 Å². The molecule has 0 aromatic carbocycles. The van der Waals surface area contributed by atoms with Crippen LogP contribution in [0, 0.1) is 17.2 Å². The van der Waals surface area contributed by atoms with Crippen LogP contribution in [0.2, 0.25) is 0 Å². The van der Waals surface area contributed by atoms with Crippen molar-refractivity contribution in [2.75, 3.05) is 11.1 Å². The molecule has 1 N–H and O–H groups in total. The quantitative estimate of drug-likeness (QED) is 0.553. The summed E-state index contributed by atoms with van der Waals surface area (Å²) in [6.45, 7) is 5.13. The van der Waals surface area contributed by atoms with Gasteiger partial charge < -0.3 is 9.88 Å². The summed E-state index contributed by atoms with van der Waals surface area (Å²) in [7, 11) is 0. The average Bonchev–Trinajstić information content (AvgIpc) is 3.43. The molecule has 0 aliphatic heterocycles. The maximum atomic E-state index is 12.3. The Kier molecular flexibility index (Phi) is 6.04. The third kappa shape index (κ3) is 4.10. The first-order valence-electron chi connectivity index (χ1n) is 9.53. The lowest BCUT2D eigenvalue weighted by molar-refractivity contribution is -0.113. The highest BCUT2D eigenvalue weighted by molar-refractivity contribution is 7.99. The number of fused-ring (bicyclic) bond motifs is 1. The van der Waals surface area contributed by atoms with E-state index >= 15 is 0 Å². The fourth-order valence-electron chi connectivity index (χ4n) is 3.53. The van der Waals surface area contributed by atoms with E-state index in [1.807, 2.05) is 11.3 Å². The Morgan fingerprint density at radius 3 is 3.10 bits per heavy atom. The number of nitriles is 1. The van der Waals surface area contributed by atoms with Crippen LogP contribution in [-0.2, 0) is 24.2 Å². The van der Waals surface area contributed by atoms with Crippen molar-refractivity contribution in [1.29, 1.82) is 5.26 Å². The van der Waals surface area contributed by atoms with Crippen molar-refractivity contribution >= 4 is 45.3 Å². The second-order valence-corrected chi connectivity index (χ2v) is 9.88. The summed E-state index contributed by atoms with van der Waals surface area (Å²) in [6, 6.07) is 3.79. The van der Waals surface area contributed by atoms with E-state index in [4.69, 9.17) is 5.26 Å². The van der Waals surface area contributed by atoms with Crippen molar-refractivity contribution in [3.05, 3.63) is 32.8 Å². The van der Waals surface area contributed by atoms with E-state index in [1.165, 1.54) is 45.5 Å². The highest BCUT2D eigenvalue weighted by Crippen LogP contribution is 2.38. The van der Waals surface area contributed by atoms with Crippen LogP contribution >= 0.6 is 34.4 Å². The molecule has 29 heavy (non-hydrogen) atoms. The summed E-state index contributed by atoms with van der Waals surface area (Å²) >= 11 is 4.55. The third-order valence-corrected chi connectivity index (χ3v) is 7.89. The number of thioether (sulfide) groups is 1. The first-order valence-corrected chi connectivity index (χ1v) is 12.3. The topological polar surface area (TPSA) is 83.6 Å². The van der Waals surface area contributed by atoms with Gasteiger partial charge in [-0.15, -0.1) is 32.9 Å². The summed E-state index contributed by atoms with van der Waals surface area (Å²) < 4.78 is 2.09. The zero-order valence-electron chi connectivity index (χ0n) is 16.3. The molecule has 0 radical (unpaired) electrons. The van der Waals surface area contributed by atoms with Crippen molar-refractivity contribution in [2.24, 2.45) is 5.92 Å². The van der Waals surface area contributed by atoms with Gasteiger partial charge in [0.2, 0.25) is 5.91 Å². The van der Waals surface area contributed by atoms with Gasteiger partial charge in [0.1, 0.15) is 11.1 Å². The molecule has 1 unspecified atom stereocenters.